The largest absolute Gasteiger partial charge is 0.465 e. The monoisotopic (exact) mass is 254 g/mol. The molecule has 1 aromatic heterocycles. The third kappa shape index (κ3) is 4.90. The topological polar surface area (TPSA) is 26.3 Å². The third-order valence-electron chi connectivity index (χ3n) is 2.80. The maximum absolute atomic E-state index is 11.9. The van der Waals surface area contributed by atoms with Gasteiger partial charge in [-0.2, -0.15) is 0 Å². The van der Waals surface area contributed by atoms with Crippen LogP contribution in [0.1, 0.15) is 56.7 Å². The molecule has 1 atom stereocenters. The zero-order valence-corrected chi connectivity index (χ0v) is 11.6. The molecule has 0 aromatic carbocycles. The van der Waals surface area contributed by atoms with Crippen LogP contribution in [0.25, 0.3) is 0 Å². The Kier molecular flexibility index (Phi) is 6.94. The number of carbonyl (C=O) groups is 1. The normalized spacial score (nSPS) is 12.4. The lowest BCUT2D eigenvalue weighted by molar-refractivity contribution is -0.145. The lowest BCUT2D eigenvalue weighted by atomic mass is 9.99. The van der Waals surface area contributed by atoms with Crippen molar-refractivity contribution in [2.75, 3.05) is 6.61 Å². The SMILES string of the molecule is CCCCCCC(C(=O)OCC)c1cccs1. The molecule has 0 spiro atoms. The van der Waals surface area contributed by atoms with Crippen molar-refractivity contribution in [3.63, 3.8) is 0 Å². The van der Waals surface area contributed by atoms with E-state index in [2.05, 4.69) is 6.92 Å². The molecule has 3 heteroatoms. The number of hydrogen-bond donors (Lipinski definition) is 0. The maximum Gasteiger partial charge on any atom is 0.314 e. The first kappa shape index (κ1) is 14.2. The molecule has 0 saturated heterocycles. The first-order valence-corrected chi connectivity index (χ1v) is 7.37. The molecule has 1 rings (SSSR count). The van der Waals surface area contributed by atoms with Crippen molar-refractivity contribution in [2.24, 2.45) is 0 Å². The molecule has 0 amide bonds. The van der Waals surface area contributed by atoms with Crippen molar-refractivity contribution in [1.82, 2.24) is 0 Å². The molecule has 0 aliphatic carbocycles. The van der Waals surface area contributed by atoms with E-state index in [0.29, 0.717) is 6.61 Å². The van der Waals surface area contributed by atoms with E-state index in [-0.39, 0.29) is 11.9 Å². The molecule has 0 fully saturated rings. The van der Waals surface area contributed by atoms with Crippen molar-refractivity contribution >= 4 is 17.3 Å². The summed E-state index contributed by atoms with van der Waals surface area (Å²) in [7, 11) is 0. The van der Waals surface area contributed by atoms with Crippen LogP contribution in [0.15, 0.2) is 17.5 Å². The van der Waals surface area contributed by atoms with Crippen molar-refractivity contribution in [3.05, 3.63) is 22.4 Å². The predicted octanol–water partition coefficient (Wildman–Crippen LogP) is 4.37. The van der Waals surface area contributed by atoms with Crippen LogP contribution in [-0.4, -0.2) is 12.6 Å². The first-order chi connectivity index (χ1) is 8.29. The van der Waals surface area contributed by atoms with Crippen molar-refractivity contribution in [1.29, 1.82) is 0 Å². The minimum atomic E-state index is -0.0635. The summed E-state index contributed by atoms with van der Waals surface area (Å²) in [6, 6.07) is 4.03. The van der Waals surface area contributed by atoms with E-state index in [4.69, 9.17) is 4.74 Å². The number of ether oxygens (including phenoxy) is 1. The van der Waals surface area contributed by atoms with Crippen molar-refractivity contribution < 1.29 is 9.53 Å². The van der Waals surface area contributed by atoms with Gasteiger partial charge in [0.05, 0.1) is 12.5 Å². The maximum atomic E-state index is 11.9. The molecule has 1 heterocycles. The summed E-state index contributed by atoms with van der Waals surface area (Å²) in [4.78, 5) is 13.0. The zero-order chi connectivity index (χ0) is 12.5. The minimum Gasteiger partial charge on any atom is -0.465 e. The molecule has 96 valence electrons. The van der Waals surface area contributed by atoms with E-state index >= 15 is 0 Å². The van der Waals surface area contributed by atoms with Gasteiger partial charge < -0.3 is 4.74 Å². The van der Waals surface area contributed by atoms with Crippen LogP contribution in [0, 0.1) is 0 Å². The van der Waals surface area contributed by atoms with Crippen LogP contribution in [0.3, 0.4) is 0 Å². The number of thiophene rings is 1. The predicted molar refractivity (Wildman–Crippen MR) is 72.5 cm³/mol. The van der Waals surface area contributed by atoms with E-state index in [9.17, 15) is 4.79 Å². The fourth-order valence-corrected chi connectivity index (χ4v) is 2.73. The Morgan fingerprint density at radius 2 is 2.18 bits per heavy atom. The molecule has 0 aliphatic rings. The number of hydrogen-bond acceptors (Lipinski definition) is 3. The molecule has 17 heavy (non-hydrogen) atoms. The summed E-state index contributed by atoms with van der Waals surface area (Å²) in [6.45, 7) is 4.53. The van der Waals surface area contributed by atoms with Gasteiger partial charge in [0.15, 0.2) is 0 Å². The van der Waals surface area contributed by atoms with E-state index < -0.39 is 0 Å². The van der Waals surface area contributed by atoms with Gasteiger partial charge in [0.25, 0.3) is 0 Å². The fourth-order valence-electron chi connectivity index (χ4n) is 1.88. The molecule has 0 saturated carbocycles. The summed E-state index contributed by atoms with van der Waals surface area (Å²) >= 11 is 1.65. The summed E-state index contributed by atoms with van der Waals surface area (Å²) in [5.74, 6) is -0.113. The highest BCUT2D eigenvalue weighted by molar-refractivity contribution is 7.10. The molecule has 0 aliphatic heterocycles. The first-order valence-electron chi connectivity index (χ1n) is 6.49. The number of carbonyl (C=O) groups excluding carboxylic acids is 1. The smallest absolute Gasteiger partial charge is 0.314 e. The Bertz CT molecular complexity index is 306. The molecular formula is C14H22O2S. The van der Waals surface area contributed by atoms with Crippen LogP contribution >= 0.6 is 11.3 Å². The van der Waals surface area contributed by atoms with E-state index in [1.165, 1.54) is 19.3 Å². The van der Waals surface area contributed by atoms with Gasteiger partial charge in [-0.15, -0.1) is 11.3 Å². The highest BCUT2D eigenvalue weighted by Gasteiger charge is 2.22. The molecule has 0 N–H and O–H groups in total. The Labute approximate surface area is 108 Å². The van der Waals surface area contributed by atoms with Crippen LogP contribution < -0.4 is 0 Å². The summed E-state index contributed by atoms with van der Waals surface area (Å²) in [5, 5.41) is 2.02. The third-order valence-corrected chi connectivity index (χ3v) is 3.79. The minimum absolute atomic E-state index is 0.0493. The molecule has 1 aromatic rings. The van der Waals surface area contributed by atoms with E-state index in [1.54, 1.807) is 11.3 Å². The Balaban J connectivity index is 2.51. The highest BCUT2D eigenvalue weighted by Crippen LogP contribution is 2.27. The lowest BCUT2D eigenvalue weighted by Crippen LogP contribution is -2.15. The molecule has 0 bridgehead atoms. The zero-order valence-electron chi connectivity index (χ0n) is 10.8. The van der Waals surface area contributed by atoms with Gasteiger partial charge in [0, 0.05) is 4.88 Å². The average Bonchev–Trinajstić information content (AvgIpc) is 2.83. The standard InChI is InChI=1S/C14H22O2S/c1-3-5-6-7-9-12(14(15)16-4-2)13-10-8-11-17-13/h8,10-12H,3-7,9H2,1-2H3. The van der Waals surface area contributed by atoms with Gasteiger partial charge in [-0.05, 0) is 24.8 Å². The van der Waals surface area contributed by atoms with Crippen molar-refractivity contribution in [2.45, 2.75) is 51.9 Å². The Morgan fingerprint density at radius 1 is 1.35 bits per heavy atom. The summed E-state index contributed by atoms with van der Waals surface area (Å²) in [5.41, 5.74) is 0. The highest BCUT2D eigenvalue weighted by atomic mass is 32.1. The van der Waals surface area contributed by atoms with Crippen LogP contribution in [-0.2, 0) is 9.53 Å². The lowest BCUT2D eigenvalue weighted by Gasteiger charge is -2.13. The quantitative estimate of drug-likeness (QED) is 0.509. The van der Waals surface area contributed by atoms with Crippen molar-refractivity contribution in [3.8, 4) is 0 Å². The van der Waals surface area contributed by atoms with Gasteiger partial charge in [-0.1, -0.05) is 38.7 Å². The van der Waals surface area contributed by atoms with E-state index in [0.717, 1.165) is 17.7 Å². The van der Waals surface area contributed by atoms with Gasteiger partial charge >= 0.3 is 5.97 Å². The van der Waals surface area contributed by atoms with Crippen LogP contribution in [0.4, 0.5) is 0 Å². The van der Waals surface area contributed by atoms with E-state index in [1.807, 2.05) is 24.4 Å². The molecular weight excluding hydrogens is 232 g/mol. The fraction of sp³-hybridized carbons (Fsp3) is 0.643. The summed E-state index contributed by atoms with van der Waals surface area (Å²) < 4.78 is 5.15. The molecule has 0 radical (unpaired) electrons. The van der Waals surface area contributed by atoms with Crippen LogP contribution in [0.2, 0.25) is 0 Å². The Hall–Kier alpha value is -0.830. The second-order valence-corrected chi connectivity index (χ2v) is 5.15. The average molecular weight is 254 g/mol. The second kappa shape index (κ2) is 8.29. The molecule has 2 nitrogen and oxygen atoms in total. The van der Waals surface area contributed by atoms with Gasteiger partial charge in [0.1, 0.15) is 0 Å². The number of rotatable bonds is 8. The number of esters is 1. The summed E-state index contributed by atoms with van der Waals surface area (Å²) in [6.07, 6.45) is 5.70. The second-order valence-electron chi connectivity index (χ2n) is 4.17. The van der Waals surface area contributed by atoms with Gasteiger partial charge in [0.2, 0.25) is 0 Å². The van der Waals surface area contributed by atoms with Gasteiger partial charge in [-0.3, -0.25) is 4.79 Å². The van der Waals surface area contributed by atoms with Gasteiger partial charge in [-0.25, -0.2) is 0 Å². The Morgan fingerprint density at radius 3 is 2.76 bits per heavy atom. The molecule has 1 unspecified atom stereocenters. The number of unbranched alkanes of at least 4 members (excludes halogenated alkanes) is 3. The van der Waals surface area contributed by atoms with Crippen LogP contribution in [0.5, 0.6) is 0 Å².